The number of carbonyl (C=O) groups excluding carboxylic acids is 1. The van der Waals surface area contributed by atoms with Crippen molar-refractivity contribution < 1.29 is 24.5 Å². The lowest BCUT2D eigenvalue weighted by Crippen LogP contribution is -2.16. The lowest BCUT2D eigenvalue weighted by atomic mass is 10.1. The molecule has 0 saturated heterocycles. The molecule has 3 N–H and O–H groups in total. The summed E-state index contributed by atoms with van der Waals surface area (Å²) >= 11 is 5.68. The zero-order chi connectivity index (χ0) is 13.7. The average molecular weight is 272 g/mol. The fourth-order valence-electron chi connectivity index (χ4n) is 1.17. The highest BCUT2D eigenvalue weighted by atomic mass is 35.5. The number of hydrogen-bond acceptors (Lipinski definition) is 4. The molecular formula is C11H10ClNO5. The van der Waals surface area contributed by atoms with Gasteiger partial charge in [-0.15, -0.1) is 0 Å². The van der Waals surface area contributed by atoms with Crippen molar-refractivity contribution in [1.82, 2.24) is 0 Å². The van der Waals surface area contributed by atoms with Crippen LogP contribution in [-0.4, -0.2) is 28.9 Å². The summed E-state index contributed by atoms with van der Waals surface area (Å²) < 4.78 is 4.61. The van der Waals surface area contributed by atoms with E-state index < -0.39 is 23.4 Å². The second-order valence-electron chi connectivity index (χ2n) is 3.13. The zero-order valence-corrected chi connectivity index (χ0v) is 9.90. The van der Waals surface area contributed by atoms with Crippen LogP contribution in [0.2, 0.25) is 5.02 Å². The Morgan fingerprint density at radius 3 is 2.72 bits per heavy atom. The van der Waals surface area contributed by atoms with E-state index in [1.54, 1.807) is 0 Å². The van der Waals surface area contributed by atoms with Gasteiger partial charge in [0.05, 0.1) is 5.02 Å². The molecule has 96 valence electrons. The molecule has 0 aliphatic rings. The number of halogens is 1. The van der Waals surface area contributed by atoms with Crippen LogP contribution in [0.4, 0.5) is 10.5 Å². The number of phenols is 1. The molecule has 0 atom stereocenters. The number of ether oxygens (including phenoxy) is 1. The minimum atomic E-state index is -1.38. The number of hydrogen-bond donors (Lipinski definition) is 3. The molecule has 0 saturated carbocycles. The van der Waals surface area contributed by atoms with Crippen LogP contribution in [0.3, 0.4) is 0 Å². The third-order valence-electron chi connectivity index (χ3n) is 1.91. The molecule has 1 amide bonds. The van der Waals surface area contributed by atoms with Gasteiger partial charge in [0.2, 0.25) is 0 Å². The Morgan fingerprint density at radius 1 is 1.50 bits per heavy atom. The second kappa shape index (κ2) is 5.92. The van der Waals surface area contributed by atoms with E-state index in [1.807, 2.05) is 0 Å². The predicted octanol–water partition coefficient (Wildman–Crippen LogP) is 2.48. The number of amides is 1. The Kier molecular flexibility index (Phi) is 4.56. The maximum atomic E-state index is 11.3. The van der Waals surface area contributed by atoms with Crippen molar-refractivity contribution in [3.8, 4) is 5.75 Å². The number of anilines is 1. The van der Waals surface area contributed by atoms with Gasteiger partial charge in [0.25, 0.3) is 0 Å². The van der Waals surface area contributed by atoms with E-state index in [4.69, 9.17) is 16.7 Å². The molecule has 0 heterocycles. The number of carbonyl (C=O) groups is 2. The van der Waals surface area contributed by atoms with Crippen LogP contribution in [0.25, 0.3) is 0 Å². The van der Waals surface area contributed by atoms with Crippen LogP contribution in [0.15, 0.2) is 24.8 Å². The Bertz CT molecular complexity index is 500. The molecule has 0 fully saturated rings. The van der Waals surface area contributed by atoms with E-state index >= 15 is 0 Å². The first-order valence-electron chi connectivity index (χ1n) is 4.76. The lowest BCUT2D eigenvalue weighted by molar-refractivity contribution is 0.0698. The number of aromatic hydroxyl groups is 1. The molecule has 0 unspecified atom stereocenters. The van der Waals surface area contributed by atoms with Gasteiger partial charge in [-0.3, -0.25) is 5.32 Å². The van der Waals surface area contributed by atoms with Crippen LogP contribution in [0.5, 0.6) is 5.75 Å². The van der Waals surface area contributed by atoms with Crippen molar-refractivity contribution >= 4 is 29.4 Å². The van der Waals surface area contributed by atoms with Crippen molar-refractivity contribution in [2.24, 2.45) is 0 Å². The largest absolute Gasteiger partial charge is 0.506 e. The van der Waals surface area contributed by atoms with E-state index in [0.29, 0.717) is 0 Å². The summed E-state index contributed by atoms with van der Waals surface area (Å²) in [5, 5.41) is 20.5. The fraction of sp³-hybridized carbons (Fsp3) is 0.0909. The molecule has 0 spiro atoms. The number of aromatic carboxylic acids is 1. The second-order valence-corrected chi connectivity index (χ2v) is 3.54. The van der Waals surface area contributed by atoms with Crippen molar-refractivity contribution in [3.63, 3.8) is 0 Å². The van der Waals surface area contributed by atoms with E-state index in [9.17, 15) is 14.7 Å². The number of benzene rings is 1. The number of carboxylic acids is 1. The number of rotatable bonds is 4. The molecular weight excluding hydrogens is 262 g/mol. The van der Waals surface area contributed by atoms with Gasteiger partial charge in [-0.05, 0) is 12.1 Å². The normalized spacial score (nSPS) is 9.61. The zero-order valence-electron chi connectivity index (χ0n) is 9.14. The van der Waals surface area contributed by atoms with Gasteiger partial charge in [-0.1, -0.05) is 24.3 Å². The van der Waals surface area contributed by atoms with Crippen molar-refractivity contribution in [2.45, 2.75) is 0 Å². The van der Waals surface area contributed by atoms with E-state index in [1.165, 1.54) is 12.1 Å². The monoisotopic (exact) mass is 271 g/mol. The Morgan fingerprint density at radius 2 is 2.17 bits per heavy atom. The van der Waals surface area contributed by atoms with E-state index in [2.05, 4.69) is 16.6 Å². The fourth-order valence-corrected chi connectivity index (χ4v) is 1.41. The summed E-state index contributed by atoms with van der Waals surface area (Å²) in [6.45, 7) is 3.30. The average Bonchev–Trinajstić information content (AvgIpc) is 2.30. The molecule has 0 radical (unpaired) electrons. The van der Waals surface area contributed by atoms with Crippen molar-refractivity contribution in [1.29, 1.82) is 0 Å². The van der Waals surface area contributed by atoms with Gasteiger partial charge < -0.3 is 14.9 Å². The van der Waals surface area contributed by atoms with E-state index in [0.717, 1.165) is 6.07 Å². The number of carboxylic acid groups (broad SMARTS) is 1. The molecule has 7 heteroatoms. The summed E-state index contributed by atoms with van der Waals surface area (Å²) in [6.07, 6.45) is 0.421. The molecule has 0 aromatic heterocycles. The highest BCUT2D eigenvalue weighted by Gasteiger charge is 2.20. The van der Waals surface area contributed by atoms with Crippen LogP contribution in [0.1, 0.15) is 10.4 Å². The minimum absolute atomic E-state index is 0.0461. The van der Waals surface area contributed by atoms with Crippen molar-refractivity contribution in [3.05, 3.63) is 35.4 Å². The number of nitrogens with one attached hydrogen (secondary N) is 1. The van der Waals surface area contributed by atoms with Gasteiger partial charge in [0, 0.05) is 0 Å². The summed E-state index contributed by atoms with van der Waals surface area (Å²) in [5.41, 5.74) is -0.726. The minimum Gasteiger partial charge on any atom is -0.506 e. The summed E-state index contributed by atoms with van der Waals surface area (Å²) in [4.78, 5) is 22.3. The van der Waals surface area contributed by atoms with Crippen LogP contribution in [-0.2, 0) is 4.74 Å². The molecule has 0 bridgehead atoms. The lowest BCUT2D eigenvalue weighted by Gasteiger charge is -2.11. The van der Waals surface area contributed by atoms with Gasteiger partial charge in [0.1, 0.15) is 23.6 Å². The first-order chi connectivity index (χ1) is 8.47. The summed E-state index contributed by atoms with van der Waals surface area (Å²) in [5.74, 6) is -1.80. The molecule has 18 heavy (non-hydrogen) atoms. The molecule has 0 aliphatic carbocycles. The highest BCUT2D eigenvalue weighted by molar-refractivity contribution is 6.34. The first kappa shape index (κ1) is 13.9. The third kappa shape index (κ3) is 3.14. The maximum absolute atomic E-state index is 11.3. The summed E-state index contributed by atoms with van der Waals surface area (Å²) in [7, 11) is 0. The van der Waals surface area contributed by atoms with Crippen LogP contribution in [0, 0.1) is 0 Å². The summed E-state index contributed by atoms with van der Waals surface area (Å²) in [6, 6.07) is 2.37. The smallest absolute Gasteiger partial charge is 0.412 e. The topological polar surface area (TPSA) is 95.9 Å². The molecule has 1 aromatic carbocycles. The molecule has 0 aliphatic heterocycles. The molecule has 6 nitrogen and oxygen atoms in total. The van der Waals surface area contributed by atoms with Crippen molar-refractivity contribution in [2.75, 3.05) is 11.9 Å². The Hall–Kier alpha value is -2.21. The predicted molar refractivity (Wildman–Crippen MR) is 65.2 cm³/mol. The Labute approximate surface area is 107 Å². The van der Waals surface area contributed by atoms with E-state index in [-0.39, 0.29) is 17.3 Å². The maximum Gasteiger partial charge on any atom is 0.412 e. The van der Waals surface area contributed by atoms with Crippen LogP contribution < -0.4 is 5.32 Å². The van der Waals surface area contributed by atoms with Gasteiger partial charge in [-0.25, -0.2) is 9.59 Å². The standard InChI is InChI=1S/C11H10ClNO5/c1-2-5-18-11(17)13-9-7(14)4-3-6(12)8(9)10(15)16/h2-4,14H,1,5H2,(H,13,17)(H,15,16). The molecule has 1 rings (SSSR count). The number of phenolic OH excluding ortho intramolecular Hbond substituents is 1. The highest BCUT2D eigenvalue weighted by Crippen LogP contribution is 2.33. The Balaban J connectivity index is 3.07. The third-order valence-corrected chi connectivity index (χ3v) is 2.22. The van der Waals surface area contributed by atoms with Crippen LogP contribution >= 0.6 is 11.6 Å². The SMILES string of the molecule is C=CCOC(=O)Nc1c(O)ccc(Cl)c1C(=O)O. The van der Waals surface area contributed by atoms with Gasteiger partial charge in [0.15, 0.2) is 0 Å². The van der Waals surface area contributed by atoms with Gasteiger partial charge in [-0.2, -0.15) is 0 Å². The van der Waals surface area contributed by atoms with Gasteiger partial charge >= 0.3 is 12.1 Å². The quantitative estimate of drug-likeness (QED) is 0.577. The molecule has 1 aromatic rings. The first-order valence-corrected chi connectivity index (χ1v) is 5.14.